The van der Waals surface area contributed by atoms with Crippen LogP contribution in [0.3, 0.4) is 0 Å². The molecule has 0 radical (unpaired) electrons. The molecule has 0 aromatic heterocycles. The van der Waals surface area contributed by atoms with Crippen LogP contribution < -0.4 is 10.3 Å². The number of carboxylic acids is 2. The van der Waals surface area contributed by atoms with E-state index in [9.17, 15) is 14.4 Å². The van der Waals surface area contributed by atoms with Crippen LogP contribution in [0, 0.1) is 0 Å². The second kappa shape index (κ2) is 10.2. The second-order valence-electron chi connectivity index (χ2n) is 5.31. The zero-order valence-electron chi connectivity index (χ0n) is 13.5. The third kappa shape index (κ3) is 8.14. The molecule has 24 heavy (non-hydrogen) atoms. The predicted octanol–water partition coefficient (Wildman–Crippen LogP) is 0.910. The van der Waals surface area contributed by atoms with Crippen molar-refractivity contribution in [2.24, 2.45) is 0 Å². The third-order valence-corrected chi connectivity index (χ3v) is 3.09. The fourth-order valence-electron chi connectivity index (χ4n) is 2.05. The minimum Gasteiger partial charge on any atom is -0.480 e. The van der Waals surface area contributed by atoms with Gasteiger partial charge in [0.15, 0.2) is 5.75 Å². The summed E-state index contributed by atoms with van der Waals surface area (Å²) in [4.78, 5) is 39.3. The van der Waals surface area contributed by atoms with Crippen LogP contribution in [0.25, 0.3) is 0 Å². The van der Waals surface area contributed by atoms with E-state index in [1.165, 1.54) is 0 Å². The Morgan fingerprint density at radius 2 is 1.79 bits per heavy atom. The number of carbonyl (C=O) groups is 3. The predicted molar refractivity (Wildman–Crippen MR) is 85.5 cm³/mol. The summed E-state index contributed by atoms with van der Waals surface area (Å²) in [6, 6.07) is 7.27. The van der Waals surface area contributed by atoms with E-state index >= 15 is 0 Å². The molecule has 3 N–H and O–H groups in total. The van der Waals surface area contributed by atoms with Gasteiger partial charge in [-0.2, -0.15) is 5.48 Å². The second-order valence-corrected chi connectivity index (χ2v) is 5.31. The maximum Gasteiger partial charge on any atom is 0.317 e. The molecule has 1 aromatic rings. The number of rotatable bonds is 11. The summed E-state index contributed by atoms with van der Waals surface area (Å²) in [5.74, 6) is -2.60. The fourth-order valence-corrected chi connectivity index (χ4v) is 2.05. The van der Waals surface area contributed by atoms with Gasteiger partial charge in [0.1, 0.15) is 0 Å². The number of hydrogen-bond acceptors (Lipinski definition) is 5. The third-order valence-electron chi connectivity index (χ3n) is 3.09. The van der Waals surface area contributed by atoms with E-state index in [1.807, 2.05) is 18.2 Å². The minimum atomic E-state index is -1.21. The van der Waals surface area contributed by atoms with Crippen molar-refractivity contribution in [3.8, 4) is 5.75 Å². The molecule has 132 valence electrons. The number of nitrogens with zero attached hydrogens (tertiary/aromatic N) is 1. The van der Waals surface area contributed by atoms with E-state index in [2.05, 4.69) is 12.4 Å². The first kappa shape index (κ1) is 19.4. The number of benzene rings is 1. The van der Waals surface area contributed by atoms with Gasteiger partial charge in [0, 0.05) is 0 Å². The zero-order valence-corrected chi connectivity index (χ0v) is 13.5. The van der Waals surface area contributed by atoms with Crippen molar-refractivity contribution in [1.82, 2.24) is 10.4 Å². The van der Waals surface area contributed by atoms with Crippen molar-refractivity contribution in [2.75, 3.05) is 19.6 Å². The first-order valence-corrected chi connectivity index (χ1v) is 7.61. The van der Waals surface area contributed by atoms with Gasteiger partial charge in [0.05, 0.1) is 19.6 Å². The summed E-state index contributed by atoms with van der Waals surface area (Å²) < 4.78 is 0. The number of aliphatic carboxylic acids is 2. The normalized spacial score (nSPS) is 10.4. The number of carbonyl (C=O) groups excluding carboxylic acids is 1. The van der Waals surface area contributed by atoms with Crippen LogP contribution in [0.4, 0.5) is 0 Å². The molecule has 8 nitrogen and oxygen atoms in total. The Morgan fingerprint density at radius 3 is 2.38 bits per heavy atom. The van der Waals surface area contributed by atoms with Crippen molar-refractivity contribution >= 4 is 17.8 Å². The minimum absolute atomic E-state index is 0.395. The van der Waals surface area contributed by atoms with Crippen LogP contribution >= 0.6 is 0 Å². The van der Waals surface area contributed by atoms with Crippen LogP contribution in [0.2, 0.25) is 0 Å². The Hall–Kier alpha value is -2.61. The summed E-state index contributed by atoms with van der Waals surface area (Å²) in [7, 11) is 0. The lowest BCUT2D eigenvalue weighted by Gasteiger charge is -2.17. The number of unbranched alkanes of at least 4 members (excludes halogenated alkanes) is 1. The highest BCUT2D eigenvalue weighted by atomic mass is 16.7. The van der Waals surface area contributed by atoms with Crippen LogP contribution in [-0.4, -0.2) is 52.6 Å². The van der Waals surface area contributed by atoms with Gasteiger partial charge in [0.2, 0.25) is 0 Å². The van der Waals surface area contributed by atoms with Crippen LogP contribution in [0.1, 0.15) is 25.3 Å². The number of hydrogen-bond donors (Lipinski definition) is 3. The van der Waals surface area contributed by atoms with Crippen LogP contribution in [-0.2, 0) is 20.8 Å². The Labute approximate surface area is 140 Å². The van der Waals surface area contributed by atoms with Crippen LogP contribution in [0.15, 0.2) is 24.3 Å². The van der Waals surface area contributed by atoms with E-state index in [0.717, 1.165) is 29.7 Å². The molecule has 0 atom stereocenters. The highest BCUT2D eigenvalue weighted by Crippen LogP contribution is 2.14. The molecule has 0 aliphatic heterocycles. The average Bonchev–Trinajstić information content (AvgIpc) is 2.50. The van der Waals surface area contributed by atoms with Crippen molar-refractivity contribution in [3.63, 3.8) is 0 Å². The van der Waals surface area contributed by atoms with Crippen molar-refractivity contribution in [1.29, 1.82) is 0 Å². The molecule has 0 aliphatic rings. The van der Waals surface area contributed by atoms with Gasteiger partial charge in [0.25, 0.3) is 5.91 Å². The molecule has 1 amide bonds. The van der Waals surface area contributed by atoms with Crippen molar-refractivity contribution < 1.29 is 29.4 Å². The largest absolute Gasteiger partial charge is 0.480 e. The first-order valence-electron chi connectivity index (χ1n) is 7.61. The molecular formula is C16H22N2O6. The number of carboxylic acid groups (broad SMARTS) is 2. The maximum atomic E-state index is 11.8. The standard InChI is InChI=1S/C16H22N2O6/c1-2-3-5-12-6-4-7-13(8-12)24-17-14(19)9-18(10-15(20)21)11-16(22)23/h4,6-8H,2-3,5,9-11H2,1H3,(H,17,19)(H,20,21)(H,22,23). The van der Waals surface area contributed by atoms with Gasteiger partial charge in [-0.25, -0.2) is 0 Å². The molecule has 0 unspecified atom stereocenters. The summed E-state index contributed by atoms with van der Waals surface area (Å²) in [6.45, 7) is 0.604. The van der Waals surface area contributed by atoms with Gasteiger partial charge in [-0.3, -0.25) is 19.3 Å². The van der Waals surface area contributed by atoms with E-state index in [-0.39, 0.29) is 0 Å². The van der Waals surface area contributed by atoms with Gasteiger partial charge >= 0.3 is 11.9 Å². The zero-order chi connectivity index (χ0) is 17.9. The van der Waals surface area contributed by atoms with E-state index < -0.39 is 37.5 Å². The van der Waals surface area contributed by atoms with E-state index in [0.29, 0.717) is 5.75 Å². The average molecular weight is 338 g/mol. The fraction of sp³-hybridized carbons (Fsp3) is 0.438. The summed E-state index contributed by atoms with van der Waals surface area (Å²) >= 11 is 0. The lowest BCUT2D eigenvalue weighted by molar-refractivity contribution is -0.142. The smallest absolute Gasteiger partial charge is 0.317 e. The molecule has 0 heterocycles. The van der Waals surface area contributed by atoms with Crippen molar-refractivity contribution in [3.05, 3.63) is 29.8 Å². The molecule has 0 saturated heterocycles. The Bertz CT molecular complexity index is 559. The van der Waals surface area contributed by atoms with E-state index in [4.69, 9.17) is 15.1 Å². The molecule has 0 saturated carbocycles. The molecule has 0 aliphatic carbocycles. The molecule has 0 fully saturated rings. The Balaban J connectivity index is 2.51. The molecule has 0 bridgehead atoms. The van der Waals surface area contributed by atoms with Gasteiger partial charge in [-0.05, 0) is 30.5 Å². The molecule has 8 heteroatoms. The number of nitrogens with one attached hydrogen (secondary N) is 1. The van der Waals surface area contributed by atoms with E-state index in [1.54, 1.807) is 6.07 Å². The summed E-state index contributed by atoms with van der Waals surface area (Å²) in [5.41, 5.74) is 3.28. The molecule has 1 aromatic carbocycles. The van der Waals surface area contributed by atoms with Gasteiger partial charge in [-0.15, -0.1) is 0 Å². The van der Waals surface area contributed by atoms with Crippen molar-refractivity contribution in [2.45, 2.75) is 26.2 Å². The number of amides is 1. The maximum absolute atomic E-state index is 11.8. The lowest BCUT2D eigenvalue weighted by atomic mass is 10.1. The Kier molecular flexibility index (Phi) is 8.28. The quantitative estimate of drug-likeness (QED) is 0.514. The molecule has 1 rings (SSSR count). The highest BCUT2D eigenvalue weighted by Gasteiger charge is 2.17. The SMILES string of the molecule is CCCCc1cccc(ONC(=O)CN(CC(=O)O)CC(=O)O)c1. The number of hydroxylamine groups is 1. The Morgan fingerprint density at radius 1 is 1.12 bits per heavy atom. The summed E-state index contributed by atoms with van der Waals surface area (Å²) in [6.07, 6.45) is 3.03. The van der Waals surface area contributed by atoms with Gasteiger partial charge in [-0.1, -0.05) is 25.5 Å². The first-order chi connectivity index (χ1) is 11.4. The van der Waals surface area contributed by atoms with Gasteiger partial charge < -0.3 is 15.1 Å². The number of aryl methyl sites for hydroxylation is 1. The highest BCUT2D eigenvalue weighted by molar-refractivity contribution is 5.79. The van der Waals surface area contributed by atoms with Crippen LogP contribution in [0.5, 0.6) is 5.75 Å². The molecular weight excluding hydrogens is 316 g/mol. The topological polar surface area (TPSA) is 116 Å². The monoisotopic (exact) mass is 338 g/mol. The summed E-state index contributed by atoms with van der Waals surface area (Å²) in [5, 5.41) is 17.4. The molecule has 0 spiro atoms. The lowest BCUT2D eigenvalue weighted by Crippen LogP contribution is -2.43.